The number of benzene rings is 1. The highest BCUT2D eigenvalue weighted by atomic mass is 16.2. The van der Waals surface area contributed by atoms with Crippen molar-refractivity contribution in [3.05, 3.63) is 29.3 Å². The number of nitrogens with one attached hydrogen (secondary N) is 2. The summed E-state index contributed by atoms with van der Waals surface area (Å²) >= 11 is 0. The maximum absolute atomic E-state index is 12.7. The lowest BCUT2D eigenvalue weighted by atomic mass is 9.68. The Kier molecular flexibility index (Phi) is 4.51. The second kappa shape index (κ2) is 6.69. The van der Waals surface area contributed by atoms with Crippen molar-refractivity contribution < 1.29 is 9.59 Å². The Bertz CT molecular complexity index is 720. The van der Waals surface area contributed by atoms with E-state index < -0.39 is 0 Å². The Labute approximate surface area is 155 Å². The number of nitrogens with zero attached hydrogens (tertiary/aromatic N) is 1. The molecule has 5 heteroatoms. The highest BCUT2D eigenvalue weighted by molar-refractivity contribution is 5.94. The van der Waals surface area contributed by atoms with Crippen molar-refractivity contribution in [1.29, 1.82) is 0 Å². The predicted molar refractivity (Wildman–Crippen MR) is 102 cm³/mol. The van der Waals surface area contributed by atoms with Crippen molar-refractivity contribution >= 4 is 17.5 Å². The molecule has 2 saturated heterocycles. The van der Waals surface area contributed by atoms with Crippen molar-refractivity contribution in [2.45, 2.75) is 52.0 Å². The van der Waals surface area contributed by atoms with E-state index >= 15 is 0 Å². The minimum Gasteiger partial charge on any atom is -0.342 e. The van der Waals surface area contributed by atoms with Gasteiger partial charge in [-0.15, -0.1) is 0 Å². The summed E-state index contributed by atoms with van der Waals surface area (Å²) in [5.74, 6) is 0.993. The first kappa shape index (κ1) is 17.5. The Morgan fingerprint density at radius 1 is 1.23 bits per heavy atom. The summed E-state index contributed by atoms with van der Waals surface area (Å²) in [7, 11) is 0. The maximum Gasteiger partial charge on any atom is 0.226 e. The van der Waals surface area contributed by atoms with Crippen molar-refractivity contribution in [2.75, 3.05) is 25.0 Å². The molecule has 0 aliphatic carbocycles. The summed E-state index contributed by atoms with van der Waals surface area (Å²) in [5, 5.41) is 6.48. The van der Waals surface area contributed by atoms with Crippen LogP contribution in [0.1, 0.15) is 44.2 Å². The van der Waals surface area contributed by atoms with Crippen molar-refractivity contribution in [2.24, 2.45) is 11.3 Å². The molecule has 26 heavy (non-hydrogen) atoms. The van der Waals surface area contributed by atoms with E-state index in [1.165, 1.54) is 0 Å². The number of fused-ring (bicyclic) bond motifs is 1. The molecule has 4 rings (SSSR count). The number of hydrogen-bond acceptors (Lipinski definition) is 3. The fourth-order valence-electron chi connectivity index (χ4n) is 4.75. The van der Waals surface area contributed by atoms with Crippen LogP contribution < -0.4 is 10.6 Å². The molecular formula is C21H29N3O2. The normalized spacial score (nSPS) is 25.2. The van der Waals surface area contributed by atoms with E-state index in [-0.39, 0.29) is 11.8 Å². The topological polar surface area (TPSA) is 61.4 Å². The lowest BCUT2D eigenvalue weighted by Gasteiger charge is -2.51. The third-order valence-corrected chi connectivity index (χ3v) is 6.40. The van der Waals surface area contributed by atoms with Gasteiger partial charge in [0.1, 0.15) is 0 Å². The van der Waals surface area contributed by atoms with Crippen LogP contribution >= 0.6 is 0 Å². The van der Waals surface area contributed by atoms with Gasteiger partial charge in [0.25, 0.3) is 0 Å². The summed E-state index contributed by atoms with van der Waals surface area (Å²) in [6, 6.07) is 6.59. The number of rotatable bonds is 3. The molecule has 2 amide bonds. The van der Waals surface area contributed by atoms with Crippen LogP contribution in [-0.2, 0) is 22.4 Å². The summed E-state index contributed by atoms with van der Waals surface area (Å²) in [4.78, 5) is 26.2. The van der Waals surface area contributed by atoms with Gasteiger partial charge >= 0.3 is 0 Å². The highest BCUT2D eigenvalue weighted by Crippen LogP contribution is 2.37. The fraction of sp³-hybridized carbons (Fsp3) is 0.619. The molecule has 0 radical (unpaired) electrons. The second-order valence-corrected chi connectivity index (χ2v) is 8.78. The number of hydrogen-bond donors (Lipinski definition) is 2. The molecule has 1 unspecified atom stereocenters. The van der Waals surface area contributed by atoms with Crippen LogP contribution in [0.25, 0.3) is 0 Å². The van der Waals surface area contributed by atoms with Gasteiger partial charge in [-0.2, -0.15) is 0 Å². The lowest BCUT2D eigenvalue weighted by molar-refractivity contribution is -0.132. The first-order valence-electron chi connectivity index (χ1n) is 9.85. The van der Waals surface area contributed by atoms with E-state index in [1.807, 2.05) is 17.0 Å². The number of carbonyl (C=O) groups is 2. The van der Waals surface area contributed by atoms with Crippen molar-refractivity contribution in [3.63, 3.8) is 0 Å². The zero-order chi connectivity index (χ0) is 18.3. The van der Waals surface area contributed by atoms with E-state index in [1.54, 1.807) is 0 Å². The molecule has 140 valence electrons. The monoisotopic (exact) mass is 355 g/mol. The molecule has 1 aromatic rings. The van der Waals surface area contributed by atoms with Gasteiger partial charge in [0.15, 0.2) is 0 Å². The smallest absolute Gasteiger partial charge is 0.226 e. The van der Waals surface area contributed by atoms with Gasteiger partial charge in [0.2, 0.25) is 11.8 Å². The predicted octanol–water partition coefficient (Wildman–Crippen LogP) is 2.35. The largest absolute Gasteiger partial charge is 0.342 e. The third-order valence-electron chi connectivity index (χ3n) is 6.40. The quantitative estimate of drug-likeness (QED) is 0.875. The number of likely N-dealkylation sites (tertiary alicyclic amines) is 1. The standard InChI is InChI=1S/C21H29N3O2/c1-21(2)13-22-20(21)15-7-9-24(10-8-15)19(26)12-14-3-5-17-16(11-14)4-6-18(25)23-17/h3,5,11,15,20,22H,4,6-10,12-13H2,1-2H3,(H,23,25). The number of anilines is 1. The van der Waals surface area contributed by atoms with Crippen LogP contribution in [-0.4, -0.2) is 42.4 Å². The summed E-state index contributed by atoms with van der Waals surface area (Å²) in [6.45, 7) is 7.53. The van der Waals surface area contributed by atoms with Crippen LogP contribution in [0, 0.1) is 11.3 Å². The highest BCUT2D eigenvalue weighted by Gasteiger charge is 2.43. The minimum atomic E-state index is 0.0772. The molecule has 3 heterocycles. The average molecular weight is 355 g/mol. The Morgan fingerprint density at radius 2 is 2.00 bits per heavy atom. The lowest BCUT2D eigenvalue weighted by Crippen LogP contribution is -2.63. The molecule has 5 nitrogen and oxygen atoms in total. The van der Waals surface area contributed by atoms with E-state index in [4.69, 9.17) is 0 Å². The van der Waals surface area contributed by atoms with Gasteiger partial charge < -0.3 is 15.5 Å². The molecule has 2 N–H and O–H groups in total. The molecule has 3 aliphatic heterocycles. The Morgan fingerprint density at radius 3 is 2.65 bits per heavy atom. The van der Waals surface area contributed by atoms with Crippen molar-refractivity contribution in [3.8, 4) is 0 Å². The molecule has 0 bridgehead atoms. The summed E-state index contributed by atoms with van der Waals surface area (Å²) in [6.07, 6.45) is 3.95. The van der Waals surface area contributed by atoms with Crippen molar-refractivity contribution in [1.82, 2.24) is 10.2 Å². The molecule has 2 fully saturated rings. The molecule has 1 atom stereocenters. The number of amides is 2. The first-order valence-corrected chi connectivity index (χ1v) is 9.85. The van der Waals surface area contributed by atoms with Crippen LogP contribution in [0.3, 0.4) is 0 Å². The minimum absolute atomic E-state index is 0.0772. The van der Waals surface area contributed by atoms with Gasteiger partial charge in [-0.1, -0.05) is 26.0 Å². The van der Waals surface area contributed by atoms with Gasteiger partial charge in [-0.3, -0.25) is 9.59 Å². The van der Waals surface area contributed by atoms with Gasteiger partial charge in [0.05, 0.1) is 6.42 Å². The average Bonchev–Trinajstić information content (AvgIpc) is 2.61. The Balaban J connectivity index is 1.32. The molecule has 1 aromatic carbocycles. The zero-order valence-corrected chi connectivity index (χ0v) is 15.8. The third kappa shape index (κ3) is 3.37. The van der Waals surface area contributed by atoms with E-state index in [0.29, 0.717) is 30.2 Å². The summed E-state index contributed by atoms with van der Waals surface area (Å²) < 4.78 is 0. The zero-order valence-electron chi connectivity index (χ0n) is 15.8. The van der Waals surface area contributed by atoms with E-state index in [0.717, 1.165) is 55.7 Å². The molecule has 0 spiro atoms. The van der Waals surface area contributed by atoms with Crippen LogP contribution in [0.15, 0.2) is 18.2 Å². The second-order valence-electron chi connectivity index (χ2n) is 8.78. The molecular weight excluding hydrogens is 326 g/mol. The van der Waals surface area contributed by atoms with Gasteiger partial charge in [0, 0.05) is 37.8 Å². The molecule has 3 aliphatic rings. The number of aryl methyl sites for hydroxylation is 1. The van der Waals surface area contributed by atoms with Gasteiger partial charge in [-0.25, -0.2) is 0 Å². The summed E-state index contributed by atoms with van der Waals surface area (Å²) in [5.41, 5.74) is 3.49. The van der Waals surface area contributed by atoms with Crippen LogP contribution in [0.4, 0.5) is 5.69 Å². The Hall–Kier alpha value is -1.88. The number of carbonyl (C=O) groups excluding carboxylic acids is 2. The molecule has 0 saturated carbocycles. The van der Waals surface area contributed by atoms with E-state index in [9.17, 15) is 9.59 Å². The number of piperidine rings is 1. The molecule has 0 aromatic heterocycles. The fourth-order valence-corrected chi connectivity index (χ4v) is 4.75. The SMILES string of the molecule is CC1(C)CNC1C1CCN(C(=O)Cc2ccc3c(c2)CCC(=O)N3)CC1. The van der Waals surface area contributed by atoms with Crippen LogP contribution in [0.2, 0.25) is 0 Å². The first-order chi connectivity index (χ1) is 12.4. The maximum atomic E-state index is 12.7. The van der Waals surface area contributed by atoms with Gasteiger partial charge in [-0.05, 0) is 47.8 Å². The van der Waals surface area contributed by atoms with E-state index in [2.05, 4.69) is 30.5 Å². The van der Waals surface area contributed by atoms with Crippen LogP contribution in [0.5, 0.6) is 0 Å².